The van der Waals surface area contributed by atoms with Crippen molar-refractivity contribution in [2.75, 3.05) is 0 Å². The van der Waals surface area contributed by atoms with Gasteiger partial charge in [-0.2, -0.15) is 0 Å². The average molecular weight is 207 g/mol. The molecule has 83 valence electrons. The van der Waals surface area contributed by atoms with E-state index in [2.05, 4.69) is 6.92 Å². The Labute approximate surface area is 91.9 Å². The van der Waals surface area contributed by atoms with Gasteiger partial charge in [0, 0.05) is 5.41 Å². The lowest BCUT2D eigenvalue weighted by molar-refractivity contribution is -0.00483. The van der Waals surface area contributed by atoms with Crippen molar-refractivity contribution in [2.24, 2.45) is 5.41 Å². The monoisotopic (exact) mass is 207 g/mol. The summed E-state index contributed by atoms with van der Waals surface area (Å²) in [5.41, 5.74) is -0.142. The van der Waals surface area contributed by atoms with Gasteiger partial charge in [0.1, 0.15) is 11.9 Å². The quantitative estimate of drug-likeness (QED) is 0.825. The van der Waals surface area contributed by atoms with Crippen molar-refractivity contribution in [3.63, 3.8) is 0 Å². The molecule has 0 aliphatic heterocycles. The third kappa shape index (κ3) is 3.56. The van der Waals surface area contributed by atoms with Crippen LogP contribution in [-0.2, 0) is 0 Å². The Kier molecular flexibility index (Phi) is 3.75. The number of aliphatic hydroxyl groups excluding tert-OH is 1. The molecule has 0 spiro atoms. The zero-order valence-electron chi connectivity index (χ0n) is 9.60. The van der Waals surface area contributed by atoms with Gasteiger partial charge >= 0.3 is 0 Å². The second kappa shape index (κ2) is 4.67. The van der Waals surface area contributed by atoms with Crippen LogP contribution in [0.3, 0.4) is 0 Å². The van der Waals surface area contributed by atoms with Crippen LogP contribution >= 0.6 is 0 Å². The lowest BCUT2D eigenvalue weighted by Gasteiger charge is -2.33. The Hall–Kier alpha value is -1.02. The third-order valence-corrected chi connectivity index (χ3v) is 2.21. The van der Waals surface area contributed by atoms with Gasteiger partial charge in [-0.15, -0.1) is 0 Å². The molecule has 0 bridgehead atoms. The first-order valence-electron chi connectivity index (χ1n) is 5.14. The summed E-state index contributed by atoms with van der Waals surface area (Å²) in [7, 11) is 0. The highest BCUT2D eigenvalue weighted by Crippen LogP contribution is 2.26. The van der Waals surface area contributed by atoms with E-state index in [9.17, 15) is 5.11 Å². The maximum Gasteiger partial charge on any atom is 0.129 e. The largest absolute Gasteiger partial charge is 0.487 e. The number of hydrogen-bond acceptors (Lipinski definition) is 2. The summed E-state index contributed by atoms with van der Waals surface area (Å²) in [4.78, 5) is 0. The fourth-order valence-electron chi connectivity index (χ4n) is 1.48. The molecular formula is C13H19O2. The van der Waals surface area contributed by atoms with Crippen LogP contribution in [0.5, 0.6) is 5.75 Å². The molecule has 0 saturated heterocycles. The average Bonchev–Trinajstić information content (AvgIpc) is 2.13. The van der Waals surface area contributed by atoms with E-state index in [-0.39, 0.29) is 11.5 Å². The van der Waals surface area contributed by atoms with Gasteiger partial charge in [-0.3, -0.25) is 0 Å². The number of hydrogen-bond donors (Lipinski definition) is 1. The number of benzene rings is 1. The fraction of sp³-hybridized carbons (Fsp3) is 0.462. The molecule has 1 rings (SSSR count). The minimum Gasteiger partial charge on any atom is -0.487 e. The highest BCUT2D eigenvalue weighted by molar-refractivity contribution is 5.21. The molecule has 1 aromatic carbocycles. The summed E-state index contributed by atoms with van der Waals surface area (Å²) in [6, 6.07) is 9.50. The first-order chi connectivity index (χ1) is 6.91. The van der Waals surface area contributed by atoms with Gasteiger partial charge in [0.15, 0.2) is 0 Å². The Morgan fingerprint density at radius 1 is 1.20 bits per heavy atom. The summed E-state index contributed by atoms with van der Waals surface area (Å²) in [5, 5.41) is 9.57. The molecule has 0 aliphatic rings. The number of ether oxygens (including phenoxy) is 1. The Bertz CT molecular complexity index is 285. The molecule has 1 aromatic rings. The second-order valence-electron chi connectivity index (χ2n) is 4.78. The van der Waals surface area contributed by atoms with Crippen LogP contribution in [0.15, 0.2) is 30.3 Å². The molecule has 0 saturated carbocycles. The lowest BCUT2D eigenvalue weighted by Crippen LogP contribution is -2.41. The molecule has 2 atom stereocenters. The van der Waals surface area contributed by atoms with Crippen molar-refractivity contribution in [3.05, 3.63) is 37.3 Å². The van der Waals surface area contributed by atoms with Gasteiger partial charge in [0.25, 0.3) is 0 Å². The Balaban J connectivity index is 2.77. The maximum atomic E-state index is 9.57. The molecule has 2 heteroatoms. The van der Waals surface area contributed by atoms with Gasteiger partial charge in [-0.25, -0.2) is 0 Å². The molecule has 1 radical (unpaired) electrons. The fourth-order valence-corrected chi connectivity index (χ4v) is 1.48. The van der Waals surface area contributed by atoms with Crippen molar-refractivity contribution < 1.29 is 9.84 Å². The molecular weight excluding hydrogens is 188 g/mol. The van der Waals surface area contributed by atoms with Gasteiger partial charge in [-0.1, -0.05) is 39.0 Å². The van der Waals surface area contributed by atoms with Gasteiger partial charge < -0.3 is 9.84 Å². The van der Waals surface area contributed by atoms with Crippen molar-refractivity contribution in [1.29, 1.82) is 0 Å². The molecule has 1 unspecified atom stereocenters. The van der Waals surface area contributed by atoms with Crippen LogP contribution in [0.2, 0.25) is 0 Å². The van der Waals surface area contributed by atoms with E-state index >= 15 is 0 Å². The minimum atomic E-state index is -0.731. The molecule has 0 amide bonds. The summed E-state index contributed by atoms with van der Waals surface area (Å²) in [5.74, 6) is 0.764. The highest BCUT2D eigenvalue weighted by atomic mass is 16.5. The van der Waals surface area contributed by atoms with E-state index in [1.165, 1.54) is 0 Å². The van der Waals surface area contributed by atoms with E-state index in [1.807, 2.05) is 51.1 Å². The molecule has 0 fully saturated rings. The van der Waals surface area contributed by atoms with Crippen molar-refractivity contribution in [2.45, 2.75) is 33.0 Å². The van der Waals surface area contributed by atoms with Crippen LogP contribution in [-0.4, -0.2) is 17.3 Å². The topological polar surface area (TPSA) is 29.5 Å². The van der Waals surface area contributed by atoms with Crippen LogP contribution in [0.4, 0.5) is 0 Å². The Morgan fingerprint density at radius 3 is 2.13 bits per heavy atom. The van der Waals surface area contributed by atoms with E-state index in [0.717, 1.165) is 5.75 Å². The van der Waals surface area contributed by atoms with Crippen LogP contribution in [0, 0.1) is 12.3 Å². The number of rotatable bonds is 3. The van der Waals surface area contributed by atoms with Crippen LogP contribution in [0.25, 0.3) is 0 Å². The number of aliphatic hydroxyl groups is 1. The van der Waals surface area contributed by atoms with E-state index in [1.54, 1.807) is 0 Å². The van der Waals surface area contributed by atoms with E-state index < -0.39 is 6.10 Å². The zero-order valence-corrected chi connectivity index (χ0v) is 9.60. The highest BCUT2D eigenvalue weighted by Gasteiger charge is 2.30. The predicted molar refractivity (Wildman–Crippen MR) is 61.7 cm³/mol. The molecule has 0 aliphatic carbocycles. The second-order valence-corrected chi connectivity index (χ2v) is 4.78. The normalized spacial score (nSPS) is 15.8. The first kappa shape index (κ1) is 12.1. The van der Waals surface area contributed by atoms with Gasteiger partial charge in [0.2, 0.25) is 0 Å². The Morgan fingerprint density at radius 2 is 1.73 bits per heavy atom. The maximum absolute atomic E-state index is 9.57. The third-order valence-electron chi connectivity index (χ3n) is 2.21. The van der Waals surface area contributed by atoms with Crippen molar-refractivity contribution in [3.8, 4) is 5.75 Å². The smallest absolute Gasteiger partial charge is 0.129 e. The standard InChI is InChI=1S/C13H19O2/c1-10(14)12(13(2,3)4)15-11-8-6-5-7-9-11/h5-10,12,14H,1H2,2-4H3/t10-,12?/m0/s1. The van der Waals surface area contributed by atoms with Crippen LogP contribution in [0.1, 0.15) is 20.8 Å². The van der Waals surface area contributed by atoms with Gasteiger partial charge in [-0.05, 0) is 19.1 Å². The van der Waals surface area contributed by atoms with E-state index in [4.69, 9.17) is 4.74 Å². The van der Waals surface area contributed by atoms with Gasteiger partial charge in [0.05, 0.1) is 6.10 Å². The van der Waals surface area contributed by atoms with E-state index in [0.29, 0.717) is 0 Å². The lowest BCUT2D eigenvalue weighted by atomic mass is 9.86. The molecule has 2 nitrogen and oxygen atoms in total. The summed E-state index contributed by atoms with van der Waals surface area (Å²) >= 11 is 0. The summed E-state index contributed by atoms with van der Waals surface area (Å²) < 4.78 is 5.73. The van der Waals surface area contributed by atoms with Crippen molar-refractivity contribution >= 4 is 0 Å². The minimum absolute atomic E-state index is 0.142. The molecule has 15 heavy (non-hydrogen) atoms. The zero-order chi connectivity index (χ0) is 11.5. The molecule has 0 aromatic heterocycles. The van der Waals surface area contributed by atoms with Crippen molar-refractivity contribution in [1.82, 2.24) is 0 Å². The molecule has 1 N–H and O–H groups in total. The number of para-hydroxylation sites is 1. The molecule has 0 heterocycles. The van der Waals surface area contributed by atoms with Crippen LogP contribution < -0.4 is 4.74 Å². The summed E-state index contributed by atoms with van der Waals surface area (Å²) in [6.45, 7) is 9.70. The summed E-state index contributed by atoms with van der Waals surface area (Å²) in [6.07, 6.45) is -1.04. The first-order valence-corrected chi connectivity index (χ1v) is 5.14. The SMILES string of the molecule is [CH2][C@H](O)C(Oc1ccccc1)C(C)(C)C. The predicted octanol–water partition coefficient (Wildman–Crippen LogP) is 2.68.